The van der Waals surface area contributed by atoms with Crippen molar-refractivity contribution < 1.29 is 0 Å². The van der Waals surface area contributed by atoms with E-state index in [-0.39, 0.29) is 0 Å². The van der Waals surface area contributed by atoms with E-state index in [9.17, 15) is 0 Å². The Morgan fingerprint density at radius 1 is 1.60 bits per heavy atom. The van der Waals surface area contributed by atoms with E-state index in [0.29, 0.717) is 14.4 Å². The Balaban J connectivity index is 3.23. The third kappa shape index (κ3) is 1.58. The Morgan fingerprint density at radius 3 is 2.80 bits per heavy atom. The Morgan fingerprint density at radius 2 is 2.30 bits per heavy atom. The minimum atomic E-state index is 0.420. The van der Waals surface area contributed by atoms with E-state index in [1.807, 2.05) is 28.7 Å². The zero-order valence-corrected chi connectivity index (χ0v) is 7.72. The molecule has 0 bridgehead atoms. The van der Waals surface area contributed by atoms with Crippen molar-refractivity contribution in [1.82, 2.24) is 4.98 Å². The highest BCUT2D eigenvalue weighted by molar-refractivity contribution is 14.1. The summed E-state index contributed by atoms with van der Waals surface area (Å²) in [6.07, 6.45) is 0. The zero-order valence-electron chi connectivity index (χ0n) is 4.81. The molecule has 1 rings (SSSR count). The summed E-state index contributed by atoms with van der Waals surface area (Å²) in [5.41, 5.74) is 0.560. The molecule has 1 aromatic rings. The van der Waals surface area contributed by atoms with Gasteiger partial charge in [0, 0.05) is 0 Å². The van der Waals surface area contributed by atoms with Crippen LogP contribution in [0.15, 0.2) is 12.1 Å². The van der Waals surface area contributed by atoms with E-state index in [2.05, 4.69) is 4.98 Å². The molecule has 0 aliphatic rings. The molecule has 1 heterocycles. The maximum Gasteiger partial charge on any atom is 0.130 e. The summed E-state index contributed by atoms with van der Waals surface area (Å²) in [7, 11) is 0. The molecule has 10 heavy (non-hydrogen) atoms. The van der Waals surface area contributed by atoms with Crippen molar-refractivity contribution in [3.05, 3.63) is 26.5 Å². The van der Waals surface area contributed by atoms with E-state index in [4.69, 9.17) is 16.9 Å². The number of pyridine rings is 1. The van der Waals surface area contributed by atoms with Gasteiger partial charge in [-0.2, -0.15) is 5.26 Å². The molecule has 0 N–H and O–H groups in total. The van der Waals surface area contributed by atoms with E-state index in [0.717, 1.165) is 0 Å². The molecule has 0 aliphatic heterocycles. The standard InChI is InChI=1S/C6H2ClIN2/c7-5-2-1-4(3-9)6(8)10-5/h1-2H. The molecule has 0 amide bonds. The summed E-state index contributed by atoms with van der Waals surface area (Å²) in [6.45, 7) is 0. The van der Waals surface area contributed by atoms with Crippen LogP contribution in [0.1, 0.15) is 5.56 Å². The predicted octanol–water partition coefficient (Wildman–Crippen LogP) is 2.21. The molecule has 0 unspecified atom stereocenters. The van der Waals surface area contributed by atoms with Gasteiger partial charge in [-0.3, -0.25) is 0 Å². The largest absolute Gasteiger partial charge is 0.229 e. The first-order valence-corrected chi connectivity index (χ1v) is 3.92. The lowest BCUT2D eigenvalue weighted by molar-refractivity contribution is 1.25. The molecule has 0 aromatic carbocycles. The van der Waals surface area contributed by atoms with Crippen molar-refractivity contribution >= 4 is 34.2 Å². The highest BCUT2D eigenvalue weighted by Crippen LogP contribution is 2.11. The Hall–Kier alpha value is -0.340. The summed E-state index contributed by atoms with van der Waals surface area (Å²) in [4.78, 5) is 3.87. The van der Waals surface area contributed by atoms with Crippen LogP contribution < -0.4 is 0 Å². The topological polar surface area (TPSA) is 36.7 Å². The minimum absolute atomic E-state index is 0.420. The zero-order chi connectivity index (χ0) is 7.56. The summed E-state index contributed by atoms with van der Waals surface area (Å²) in [5.74, 6) is 0. The third-order valence-electron chi connectivity index (χ3n) is 0.935. The van der Waals surface area contributed by atoms with Crippen molar-refractivity contribution in [3.63, 3.8) is 0 Å². The first-order valence-electron chi connectivity index (χ1n) is 2.46. The Bertz CT molecular complexity index is 292. The summed E-state index contributed by atoms with van der Waals surface area (Å²) >= 11 is 7.52. The van der Waals surface area contributed by atoms with Crippen molar-refractivity contribution in [2.45, 2.75) is 0 Å². The SMILES string of the molecule is N#Cc1ccc(Cl)nc1I. The molecular formula is C6H2ClIN2. The fraction of sp³-hybridized carbons (Fsp3) is 0. The fourth-order valence-corrected chi connectivity index (χ4v) is 1.35. The first-order chi connectivity index (χ1) is 4.74. The number of halogens is 2. The summed E-state index contributed by atoms with van der Waals surface area (Å²) in [5, 5.41) is 8.89. The van der Waals surface area contributed by atoms with Crippen LogP contribution >= 0.6 is 34.2 Å². The van der Waals surface area contributed by atoms with Crippen LogP contribution in [0.25, 0.3) is 0 Å². The lowest BCUT2D eigenvalue weighted by Gasteiger charge is -1.92. The van der Waals surface area contributed by atoms with Gasteiger partial charge in [-0.1, -0.05) is 11.6 Å². The molecule has 50 valence electrons. The third-order valence-corrected chi connectivity index (χ3v) is 1.97. The number of aromatic nitrogens is 1. The van der Waals surface area contributed by atoms with Gasteiger partial charge in [-0.25, -0.2) is 4.98 Å². The van der Waals surface area contributed by atoms with E-state index < -0.39 is 0 Å². The van der Waals surface area contributed by atoms with Crippen molar-refractivity contribution in [2.75, 3.05) is 0 Å². The van der Waals surface area contributed by atoms with Gasteiger partial charge in [0.2, 0.25) is 0 Å². The normalized spacial score (nSPS) is 8.90. The second kappa shape index (κ2) is 3.17. The van der Waals surface area contributed by atoms with Crippen LogP contribution in [-0.4, -0.2) is 4.98 Å². The number of nitrogens with zero attached hydrogens (tertiary/aromatic N) is 2. The lowest BCUT2D eigenvalue weighted by Crippen LogP contribution is -1.85. The predicted molar refractivity (Wildman–Crippen MR) is 46.7 cm³/mol. The second-order valence-electron chi connectivity index (χ2n) is 1.58. The maximum atomic E-state index is 8.47. The highest BCUT2D eigenvalue weighted by atomic mass is 127. The van der Waals surface area contributed by atoms with Crippen LogP contribution in [0.2, 0.25) is 5.15 Å². The molecule has 0 atom stereocenters. The Labute approximate surface area is 77.0 Å². The van der Waals surface area contributed by atoms with Crippen LogP contribution in [0.3, 0.4) is 0 Å². The molecule has 0 saturated carbocycles. The van der Waals surface area contributed by atoms with Crippen molar-refractivity contribution in [3.8, 4) is 6.07 Å². The molecule has 0 fully saturated rings. The van der Waals surface area contributed by atoms with Gasteiger partial charge >= 0.3 is 0 Å². The quantitative estimate of drug-likeness (QED) is 0.532. The number of rotatable bonds is 0. The molecule has 0 radical (unpaired) electrons. The minimum Gasteiger partial charge on any atom is -0.229 e. The van der Waals surface area contributed by atoms with E-state index >= 15 is 0 Å². The van der Waals surface area contributed by atoms with Gasteiger partial charge in [-0.15, -0.1) is 0 Å². The highest BCUT2D eigenvalue weighted by Gasteiger charge is 1.98. The van der Waals surface area contributed by atoms with Crippen LogP contribution in [0.4, 0.5) is 0 Å². The van der Waals surface area contributed by atoms with Gasteiger partial charge in [0.15, 0.2) is 0 Å². The summed E-state index contributed by atoms with van der Waals surface area (Å²) < 4.78 is 0.646. The lowest BCUT2D eigenvalue weighted by atomic mass is 10.3. The molecule has 0 saturated heterocycles. The summed E-state index contributed by atoms with van der Waals surface area (Å²) in [6, 6.07) is 5.24. The average Bonchev–Trinajstić information content (AvgIpc) is 1.88. The molecule has 4 heteroatoms. The Kier molecular flexibility index (Phi) is 2.46. The van der Waals surface area contributed by atoms with Gasteiger partial charge < -0.3 is 0 Å². The maximum absolute atomic E-state index is 8.47. The van der Waals surface area contributed by atoms with Crippen LogP contribution in [0, 0.1) is 15.0 Å². The molecule has 2 nitrogen and oxygen atoms in total. The monoisotopic (exact) mass is 264 g/mol. The molecule has 0 aliphatic carbocycles. The molecule has 1 aromatic heterocycles. The van der Waals surface area contributed by atoms with Gasteiger partial charge in [0.05, 0.1) is 5.56 Å². The number of hydrogen-bond acceptors (Lipinski definition) is 2. The fourth-order valence-electron chi connectivity index (χ4n) is 0.496. The van der Waals surface area contributed by atoms with Crippen LogP contribution in [0.5, 0.6) is 0 Å². The van der Waals surface area contributed by atoms with Gasteiger partial charge in [0.25, 0.3) is 0 Å². The second-order valence-corrected chi connectivity index (χ2v) is 2.99. The number of hydrogen-bond donors (Lipinski definition) is 0. The van der Waals surface area contributed by atoms with Crippen molar-refractivity contribution in [2.24, 2.45) is 0 Å². The van der Waals surface area contributed by atoms with Gasteiger partial charge in [0.1, 0.15) is 14.9 Å². The van der Waals surface area contributed by atoms with Crippen LogP contribution in [-0.2, 0) is 0 Å². The van der Waals surface area contributed by atoms with Gasteiger partial charge in [-0.05, 0) is 34.7 Å². The van der Waals surface area contributed by atoms with E-state index in [1.165, 1.54) is 0 Å². The molecular weight excluding hydrogens is 262 g/mol. The first kappa shape index (κ1) is 7.76. The average molecular weight is 264 g/mol. The van der Waals surface area contributed by atoms with Crippen molar-refractivity contribution in [1.29, 1.82) is 5.26 Å². The smallest absolute Gasteiger partial charge is 0.130 e. The molecule has 0 spiro atoms. The van der Waals surface area contributed by atoms with E-state index in [1.54, 1.807) is 12.1 Å². The number of nitriles is 1.